The van der Waals surface area contributed by atoms with E-state index in [1.165, 1.54) is 7.11 Å². The van der Waals surface area contributed by atoms with Gasteiger partial charge < -0.3 is 14.0 Å². The third-order valence-electron chi connectivity index (χ3n) is 2.61. The van der Waals surface area contributed by atoms with Gasteiger partial charge in [-0.05, 0) is 19.4 Å². The Bertz CT molecular complexity index is 480. The molecule has 0 aromatic heterocycles. The Morgan fingerprint density at radius 3 is 2.57 bits per heavy atom. The molecule has 0 spiro atoms. The molecule has 1 N–H and O–H groups in total. The minimum atomic E-state index is -3.29. The van der Waals surface area contributed by atoms with Crippen molar-refractivity contribution in [3.8, 4) is 0 Å². The highest BCUT2D eigenvalue weighted by Crippen LogP contribution is 2.43. The van der Waals surface area contributed by atoms with Crippen molar-refractivity contribution in [2.24, 2.45) is 0 Å². The summed E-state index contributed by atoms with van der Waals surface area (Å²) in [4.78, 5) is 11.6. The number of nitrogens with one attached hydrogen (secondary N) is 1. The Kier molecular flexibility index (Phi) is 7.61. The van der Waals surface area contributed by atoms with E-state index in [0.29, 0.717) is 0 Å². The van der Waals surface area contributed by atoms with Crippen LogP contribution >= 0.6 is 7.52 Å². The van der Waals surface area contributed by atoms with Crippen molar-refractivity contribution in [3.05, 3.63) is 35.9 Å². The van der Waals surface area contributed by atoms with Crippen molar-refractivity contribution in [1.82, 2.24) is 5.09 Å². The Labute approximate surface area is 125 Å². The maximum absolute atomic E-state index is 12.6. The van der Waals surface area contributed by atoms with E-state index in [2.05, 4.69) is 5.09 Å². The summed E-state index contributed by atoms with van der Waals surface area (Å²) in [6, 6.07) is 8.63. The van der Waals surface area contributed by atoms with Gasteiger partial charge in [0, 0.05) is 7.11 Å². The maximum Gasteiger partial charge on any atom is 0.323 e. The predicted octanol–water partition coefficient (Wildman–Crippen LogP) is 2.54. The summed E-state index contributed by atoms with van der Waals surface area (Å²) < 4.78 is 27.9. The van der Waals surface area contributed by atoms with Crippen molar-refractivity contribution in [2.45, 2.75) is 26.5 Å². The van der Waals surface area contributed by atoms with Crippen molar-refractivity contribution < 1.29 is 23.4 Å². The molecule has 0 saturated heterocycles. The van der Waals surface area contributed by atoms with Gasteiger partial charge in [0.2, 0.25) is 0 Å². The van der Waals surface area contributed by atoms with Gasteiger partial charge in [0.1, 0.15) is 12.4 Å². The molecule has 1 unspecified atom stereocenters. The predicted molar refractivity (Wildman–Crippen MR) is 79.9 cm³/mol. The van der Waals surface area contributed by atoms with Crippen LogP contribution in [0.4, 0.5) is 0 Å². The fraction of sp³-hybridized carbons (Fsp3) is 0.500. The first-order chi connectivity index (χ1) is 10.0. The van der Waals surface area contributed by atoms with Crippen LogP contribution in [0.3, 0.4) is 0 Å². The average Bonchev–Trinajstić information content (AvgIpc) is 2.47. The summed E-state index contributed by atoms with van der Waals surface area (Å²) in [7, 11) is -1.87. The fourth-order valence-electron chi connectivity index (χ4n) is 1.65. The van der Waals surface area contributed by atoms with Gasteiger partial charge >= 0.3 is 5.97 Å². The molecule has 118 valence electrons. The Balaban J connectivity index is 2.64. The second-order valence-electron chi connectivity index (χ2n) is 4.45. The zero-order valence-corrected chi connectivity index (χ0v) is 13.5. The molecule has 0 amide bonds. The lowest BCUT2D eigenvalue weighted by molar-refractivity contribution is -0.144. The van der Waals surface area contributed by atoms with Crippen LogP contribution in [0, 0.1) is 0 Å². The molecule has 0 saturated carbocycles. The summed E-state index contributed by atoms with van der Waals surface area (Å²) >= 11 is 0. The summed E-state index contributed by atoms with van der Waals surface area (Å²) in [6.07, 6.45) is -0.121. The molecule has 0 heterocycles. The van der Waals surface area contributed by atoms with E-state index >= 15 is 0 Å². The molecule has 21 heavy (non-hydrogen) atoms. The highest BCUT2D eigenvalue weighted by atomic mass is 31.2. The number of methoxy groups -OCH3 is 1. The molecular weight excluding hydrogens is 293 g/mol. The number of hydrogen-bond acceptors (Lipinski definition) is 5. The van der Waals surface area contributed by atoms with Gasteiger partial charge in [-0.3, -0.25) is 9.36 Å². The van der Waals surface area contributed by atoms with Gasteiger partial charge in [-0.25, -0.2) is 5.09 Å². The van der Waals surface area contributed by atoms with Crippen LogP contribution in [0.2, 0.25) is 0 Å². The number of hydrogen-bond donors (Lipinski definition) is 1. The lowest BCUT2D eigenvalue weighted by Gasteiger charge is -2.22. The number of carbonyl (C=O) groups excluding carboxylic acids is 1. The molecule has 0 aliphatic rings. The SMILES string of the molecule is CCOC(=O)[C@H](C)NP(=O)(COC)OCc1ccccc1. The van der Waals surface area contributed by atoms with Crippen LogP contribution in [-0.4, -0.2) is 32.1 Å². The van der Waals surface area contributed by atoms with Gasteiger partial charge in [0.25, 0.3) is 7.52 Å². The van der Waals surface area contributed by atoms with Crippen LogP contribution in [0.5, 0.6) is 0 Å². The fourth-order valence-corrected chi connectivity index (χ4v) is 3.27. The normalized spacial score (nSPS) is 15.2. The van der Waals surface area contributed by atoms with Crippen molar-refractivity contribution in [2.75, 3.05) is 20.1 Å². The number of esters is 1. The third-order valence-corrected chi connectivity index (χ3v) is 4.54. The average molecular weight is 315 g/mol. The van der Waals surface area contributed by atoms with Crippen molar-refractivity contribution in [1.29, 1.82) is 0 Å². The minimum Gasteiger partial charge on any atom is -0.465 e. The smallest absolute Gasteiger partial charge is 0.323 e. The largest absolute Gasteiger partial charge is 0.465 e. The molecule has 1 aromatic rings. The zero-order valence-electron chi connectivity index (χ0n) is 12.6. The van der Waals surface area contributed by atoms with Gasteiger partial charge in [-0.1, -0.05) is 30.3 Å². The second-order valence-corrected chi connectivity index (χ2v) is 6.57. The van der Waals surface area contributed by atoms with Gasteiger partial charge in [0.05, 0.1) is 13.2 Å². The van der Waals surface area contributed by atoms with E-state index in [1.807, 2.05) is 30.3 Å². The summed E-state index contributed by atoms with van der Waals surface area (Å²) in [5, 5.41) is 2.68. The van der Waals surface area contributed by atoms with E-state index < -0.39 is 19.5 Å². The number of benzene rings is 1. The maximum atomic E-state index is 12.6. The quantitative estimate of drug-likeness (QED) is 0.557. The van der Waals surface area contributed by atoms with Crippen LogP contribution in [-0.2, 0) is 30.0 Å². The van der Waals surface area contributed by atoms with E-state index in [-0.39, 0.29) is 19.6 Å². The van der Waals surface area contributed by atoms with E-state index in [0.717, 1.165) is 5.56 Å². The summed E-state index contributed by atoms with van der Waals surface area (Å²) in [6.45, 7) is 3.73. The molecule has 0 aliphatic carbocycles. The number of ether oxygens (including phenoxy) is 2. The topological polar surface area (TPSA) is 73.9 Å². The van der Waals surface area contributed by atoms with Crippen LogP contribution in [0.15, 0.2) is 30.3 Å². The zero-order chi connectivity index (χ0) is 15.7. The first-order valence-electron chi connectivity index (χ1n) is 6.71. The van der Waals surface area contributed by atoms with Gasteiger partial charge in [-0.2, -0.15) is 0 Å². The molecule has 0 bridgehead atoms. The molecule has 1 aromatic carbocycles. The second kappa shape index (κ2) is 8.95. The Morgan fingerprint density at radius 2 is 2.00 bits per heavy atom. The first kappa shape index (κ1) is 17.9. The van der Waals surface area contributed by atoms with Crippen LogP contribution < -0.4 is 5.09 Å². The van der Waals surface area contributed by atoms with Crippen molar-refractivity contribution in [3.63, 3.8) is 0 Å². The van der Waals surface area contributed by atoms with E-state index in [4.69, 9.17) is 14.0 Å². The Morgan fingerprint density at radius 1 is 1.33 bits per heavy atom. The summed E-state index contributed by atoms with van der Waals surface area (Å²) in [5.41, 5.74) is 0.888. The number of carbonyl (C=O) groups is 1. The van der Waals surface area contributed by atoms with Gasteiger partial charge in [0.15, 0.2) is 0 Å². The van der Waals surface area contributed by atoms with Gasteiger partial charge in [-0.15, -0.1) is 0 Å². The van der Waals surface area contributed by atoms with Crippen molar-refractivity contribution >= 4 is 13.5 Å². The minimum absolute atomic E-state index is 0.121. The highest BCUT2D eigenvalue weighted by molar-refractivity contribution is 7.56. The monoisotopic (exact) mass is 315 g/mol. The lowest BCUT2D eigenvalue weighted by atomic mass is 10.2. The van der Waals surface area contributed by atoms with E-state index in [1.54, 1.807) is 13.8 Å². The number of rotatable bonds is 9. The highest BCUT2D eigenvalue weighted by Gasteiger charge is 2.29. The molecule has 2 atom stereocenters. The molecular formula is C14H22NO5P. The molecule has 0 radical (unpaired) electrons. The molecule has 6 nitrogen and oxygen atoms in total. The molecule has 1 rings (SSSR count). The van der Waals surface area contributed by atoms with E-state index in [9.17, 15) is 9.36 Å². The third kappa shape index (κ3) is 6.40. The Hall–Kier alpha value is -1.20. The molecule has 0 fully saturated rings. The standard InChI is InChI=1S/C14H22NO5P/c1-4-19-14(16)12(2)15-21(17,11-18-3)20-10-13-8-6-5-7-9-13/h5-9,12H,4,10-11H2,1-3H3,(H,15,17)/t12-,21?/m0/s1. The van der Waals surface area contributed by atoms with Crippen LogP contribution in [0.1, 0.15) is 19.4 Å². The van der Waals surface area contributed by atoms with Crippen LogP contribution in [0.25, 0.3) is 0 Å². The first-order valence-corrected chi connectivity index (χ1v) is 8.52. The molecule has 7 heteroatoms. The lowest BCUT2D eigenvalue weighted by Crippen LogP contribution is -2.34. The summed E-state index contributed by atoms with van der Waals surface area (Å²) in [5.74, 6) is -0.475. The molecule has 0 aliphatic heterocycles.